The number of carbonyl (C=O) groups excluding carboxylic acids is 1. The van der Waals surface area contributed by atoms with Crippen LogP contribution in [0.5, 0.6) is 5.75 Å². The number of nitrogens with one attached hydrogen (secondary N) is 2. The lowest BCUT2D eigenvalue weighted by Crippen LogP contribution is -2.41. The third-order valence-electron chi connectivity index (χ3n) is 4.44. The molecule has 3 rings (SSSR count). The SMILES string of the molecule is COc1cccc2c1CC[C@H](NC(=O)Nc1cc(F)ccc1C)C2. The van der Waals surface area contributed by atoms with Gasteiger partial charge in [0.25, 0.3) is 0 Å². The first-order valence-electron chi connectivity index (χ1n) is 8.05. The predicted octanol–water partition coefficient (Wildman–Crippen LogP) is 3.82. The lowest BCUT2D eigenvalue weighted by Gasteiger charge is -2.27. The molecule has 2 N–H and O–H groups in total. The molecule has 1 atom stereocenters. The Balaban J connectivity index is 1.64. The monoisotopic (exact) mass is 328 g/mol. The van der Waals surface area contributed by atoms with Gasteiger partial charge in [-0.3, -0.25) is 0 Å². The highest BCUT2D eigenvalue weighted by Gasteiger charge is 2.22. The van der Waals surface area contributed by atoms with Gasteiger partial charge in [-0.2, -0.15) is 0 Å². The molecule has 0 aliphatic heterocycles. The van der Waals surface area contributed by atoms with Crippen LogP contribution in [0.25, 0.3) is 0 Å². The third-order valence-corrected chi connectivity index (χ3v) is 4.44. The number of hydrogen-bond donors (Lipinski definition) is 2. The van der Waals surface area contributed by atoms with E-state index in [9.17, 15) is 9.18 Å². The quantitative estimate of drug-likeness (QED) is 0.900. The maximum absolute atomic E-state index is 13.3. The normalized spacial score (nSPS) is 16.2. The molecular formula is C19H21FN2O2. The van der Waals surface area contributed by atoms with E-state index in [1.165, 1.54) is 23.3 Å². The van der Waals surface area contributed by atoms with Crippen LogP contribution in [0.2, 0.25) is 0 Å². The second-order valence-electron chi connectivity index (χ2n) is 6.10. The average molecular weight is 328 g/mol. The van der Waals surface area contributed by atoms with E-state index in [2.05, 4.69) is 16.7 Å². The fraction of sp³-hybridized carbons (Fsp3) is 0.316. The van der Waals surface area contributed by atoms with E-state index in [-0.39, 0.29) is 17.9 Å². The van der Waals surface area contributed by atoms with Crippen molar-refractivity contribution in [3.63, 3.8) is 0 Å². The molecule has 0 aromatic heterocycles. The molecule has 0 radical (unpaired) electrons. The van der Waals surface area contributed by atoms with E-state index in [4.69, 9.17) is 4.74 Å². The summed E-state index contributed by atoms with van der Waals surface area (Å²) in [5, 5.41) is 5.71. The second kappa shape index (κ2) is 6.91. The molecule has 0 heterocycles. The summed E-state index contributed by atoms with van der Waals surface area (Å²) in [5.74, 6) is 0.542. The fourth-order valence-corrected chi connectivity index (χ4v) is 3.16. The minimum Gasteiger partial charge on any atom is -0.496 e. The van der Waals surface area contributed by atoms with Crippen molar-refractivity contribution in [3.05, 3.63) is 58.9 Å². The van der Waals surface area contributed by atoms with Crippen LogP contribution in [0, 0.1) is 12.7 Å². The zero-order chi connectivity index (χ0) is 17.1. The fourth-order valence-electron chi connectivity index (χ4n) is 3.16. The number of hydrogen-bond acceptors (Lipinski definition) is 2. The van der Waals surface area contributed by atoms with E-state index in [1.807, 2.05) is 19.1 Å². The molecule has 24 heavy (non-hydrogen) atoms. The van der Waals surface area contributed by atoms with Gasteiger partial charge in [0.05, 0.1) is 7.11 Å². The van der Waals surface area contributed by atoms with Gasteiger partial charge in [-0.15, -0.1) is 0 Å². The number of anilines is 1. The van der Waals surface area contributed by atoms with Gasteiger partial charge in [0.2, 0.25) is 0 Å². The summed E-state index contributed by atoms with van der Waals surface area (Å²) in [7, 11) is 1.68. The van der Waals surface area contributed by atoms with Gasteiger partial charge >= 0.3 is 6.03 Å². The van der Waals surface area contributed by atoms with Crippen LogP contribution >= 0.6 is 0 Å². The number of fused-ring (bicyclic) bond motifs is 1. The third kappa shape index (κ3) is 3.50. The van der Waals surface area contributed by atoms with E-state index in [0.29, 0.717) is 5.69 Å². The number of urea groups is 1. The lowest BCUT2D eigenvalue weighted by atomic mass is 9.88. The number of ether oxygens (including phenoxy) is 1. The molecular weight excluding hydrogens is 307 g/mol. The van der Waals surface area contributed by atoms with E-state index >= 15 is 0 Å². The highest BCUT2D eigenvalue weighted by atomic mass is 19.1. The van der Waals surface area contributed by atoms with Crippen LogP contribution in [-0.4, -0.2) is 19.2 Å². The minimum atomic E-state index is -0.366. The van der Waals surface area contributed by atoms with Crippen LogP contribution in [-0.2, 0) is 12.8 Å². The number of amides is 2. The maximum Gasteiger partial charge on any atom is 0.319 e. The molecule has 0 unspecified atom stereocenters. The number of benzene rings is 2. The Morgan fingerprint density at radius 1 is 1.29 bits per heavy atom. The maximum atomic E-state index is 13.3. The molecule has 0 saturated heterocycles. The Bertz CT molecular complexity index is 761. The summed E-state index contributed by atoms with van der Waals surface area (Å²) in [6.45, 7) is 1.83. The molecule has 0 bridgehead atoms. The van der Waals surface area contributed by atoms with Crippen molar-refractivity contribution in [1.82, 2.24) is 5.32 Å². The Kier molecular flexibility index (Phi) is 4.69. The molecule has 1 aliphatic rings. The molecule has 0 spiro atoms. The average Bonchev–Trinajstić information content (AvgIpc) is 2.57. The molecule has 2 aromatic rings. The summed E-state index contributed by atoms with van der Waals surface area (Å²) in [5.41, 5.74) is 3.74. The van der Waals surface area contributed by atoms with Gasteiger partial charge in [-0.05, 0) is 61.1 Å². The molecule has 5 heteroatoms. The van der Waals surface area contributed by atoms with Gasteiger partial charge in [0.1, 0.15) is 11.6 Å². The number of carbonyl (C=O) groups is 1. The van der Waals surface area contributed by atoms with Gasteiger partial charge in [-0.25, -0.2) is 9.18 Å². The van der Waals surface area contributed by atoms with Crippen molar-refractivity contribution in [2.75, 3.05) is 12.4 Å². The van der Waals surface area contributed by atoms with E-state index in [0.717, 1.165) is 30.6 Å². The van der Waals surface area contributed by atoms with Crippen LogP contribution < -0.4 is 15.4 Å². The Labute approximate surface area is 141 Å². The van der Waals surface area contributed by atoms with Crippen LogP contribution in [0.4, 0.5) is 14.9 Å². The lowest BCUT2D eigenvalue weighted by molar-refractivity contribution is 0.247. The van der Waals surface area contributed by atoms with Gasteiger partial charge in [0, 0.05) is 11.7 Å². The summed E-state index contributed by atoms with van der Waals surface area (Å²) < 4.78 is 18.7. The molecule has 0 saturated carbocycles. The van der Waals surface area contributed by atoms with Gasteiger partial charge < -0.3 is 15.4 Å². The standard InChI is InChI=1S/C19H21FN2O2/c1-12-6-7-14(20)11-17(12)22-19(23)21-15-8-9-16-13(10-15)4-3-5-18(16)24-2/h3-7,11,15H,8-10H2,1-2H3,(H2,21,22,23)/t15-/m0/s1. The number of halogens is 1. The number of rotatable bonds is 3. The second-order valence-corrected chi connectivity index (χ2v) is 6.10. The minimum absolute atomic E-state index is 0.0541. The molecule has 126 valence electrons. The van der Waals surface area contributed by atoms with Crippen molar-refractivity contribution in [3.8, 4) is 5.75 Å². The van der Waals surface area contributed by atoms with Crippen LogP contribution in [0.1, 0.15) is 23.1 Å². The summed E-state index contributed by atoms with van der Waals surface area (Å²) in [4.78, 5) is 12.2. The van der Waals surface area contributed by atoms with Crippen molar-refractivity contribution >= 4 is 11.7 Å². The predicted molar refractivity (Wildman–Crippen MR) is 92.1 cm³/mol. The number of methoxy groups -OCH3 is 1. The highest BCUT2D eigenvalue weighted by molar-refractivity contribution is 5.90. The largest absolute Gasteiger partial charge is 0.496 e. The van der Waals surface area contributed by atoms with Crippen molar-refractivity contribution in [2.24, 2.45) is 0 Å². The zero-order valence-corrected chi connectivity index (χ0v) is 13.9. The van der Waals surface area contributed by atoms with Crippen molar-refractivity contribution < 1.29 is 13.9 Å². The first kappa shape index (κ1) is 16.3. The topological polar surface area (TPSA) is 50.4 Å². The molecule has 0 fully saturated rings. The summed E-state index contributed by atoms with van der Waals surface area (Å²) in [6, 6.07) is 10.1. The van der Waals surface area contributed by atoms with E-state index in [1.54, 1.807) is 13.2 Å². The zero-order valence-electron chi connectivity index (χ0n) is 13.9. The number of aryl methyl sites for hydroxylation is 1. The van der Waals surface area contributed by atoms with Crippen molar-refractivity contribution in [1.29, 1.82) is 0 Å². The van der Waals surface area contributed by atoms with Crippen LogP contribution in [0.15, 0.2) is 36.4 Å². The Morgan fingerprint density at radius 3 is 2.92 bits per heavy atom. The van der Waals surface area contributed by atoms with Crippen molar-refractivity contribution in [2.45, 2.75) is 32.2 Å². The Hall–Kier alpha value is -2.56. The summed E-state index contributed by atoms with van der Waals surface area (Å²) in [6.07, 6.45) is 2.48. The molecule has 2 amide bonds. The smallest absolute Gasteiger partial charge is 0.319 e. The summed E-state index contributed by atoms with van der Waals surface area (Å²) >= 11 is 0. The Morgan fingerprint density at radius 2 is 2.12 bits per heavy atom. The molecule has 2 aromatic carbocycles. The van der Waals surface area contributed by atoms with Crippen LogP contribution in [0.3, 0.4) is 0 Å². The first-order chi connectivity index (χ1) is 11.6. The highest BCUT2D eigenvalue weighted by Crippen LogP contribution is 2.29. The molecule has 1 aliphatic carbocycles. The van der Waals surface area contributed by atoms with E-state index < -0.39 is 0 Å². The van der Waals surface area contributed by atoms with Gasteiger partial charge in [-0.1, -0.05) is 18.2 Å². The van der Waals surface area contributed by atoms with Gasteiger partial charge in [0.15, 0.2) is 0 Å². The first-order valence-corrected chi connectivity index (χ1v) is 8.05. The molecule has 4 nitrogen and oxygen atoms in total.